The van der Waals surface area contributed by atoms with Gasteiger partial charge in [-0.1, -0.05) is 29.8 Å². The summed E-state index contributed by atoms with van der Waals surface area (Å²) in [5.41, 5.74) is 1.21. The van der Waals surface area contributed by atoms with Crippen LogP contribution in [0, 0.1) is 13.8 Å². The molecular weight excluding hydrogens is 438 g/mol. The Hall–Kier alpha value is -3.01. The summed E-state index contributed by atoms with van der Waals surface area (Å²) in [5.74, 6) is -0.253. The van der Waals surface area contributed by atoms with Crippen LogP contribution in [-0.2, 0) is 17.9 Å². The maximum absolute atomic E-state index is 13.5. The summed E-state index contributed by atoms with van der Waals surface area (Å²) in [6.07, 6.45) is -5.96. The highest BCUT2D eigenvalue weighted by Crippen LogP contribution is 2.32. The van der Waals surface area contributed by atoms with Crippen LogP contribution in [0.3, 0.4) is 0 Å². The molecule has 1 aromatic carbocycles. The van der Waals surface area contributed by atoms with E-state index in [4.69, 9.17) is 0 Å². The number of rotatable bonds is 6. The Bertz CT molecular complexity index is 1140. The van der Waals surface area contributed by atoms with Crippen molar-refractivity contribution >= 4 is 16.9 Å². The number of carbonyl (C=O) groups excluding carboxylic acids is 1. The van der Waals surface area contributed by atoms with Crippen LogP contribution in [0.1, 0.15) is 40.9 Å². The predicted molar refractivity (Wildman–Crippen MR) is 115 cm³/mol. The van der Waals surface area contributed by atoms with Gasteiger partial charge in [-0.05, 0) is 25.5 Å². The lowest BCUT2D eigenvalue weighted by Gasteiger charge is -2.34. The number of aromatic nitrogens is 3. The molecule has 1 aliphatic rings. The second-order valence-corrected chi connectivity index (χ2v) is 8.32. The minimum absolute atomic E-state index is 0.0186. The number of amides is 1. The lowest BCUT2D eigenvalue weighted by molar-refractivity contribution is -0.133. The normalized spacial score (nSPS) is 15.2. The molecule has 10 heteroatoms. The van der Waals surface area contributed by atoms with Crippen LogP contribution in [0.15, 0.2) is 30.3 Å². The van der Waals surface area contributed by atoms with Crippen molar-refractivity contribution < 1.29 is 22.4 Å². The molecule has 0 bridgehead atoms. The Labute approximate surface area is 188 Å². The first kappa shape index (κ1) is 23.2. The van der Waals surface area contributed by atoms with Gasteiger partial charge in [0.1, 0.15) is 12.2 Å². The largest absolute Gasteiger partial charge is 0.339 e. The van der Waals surface area contributed by atoms with Crippen molar-refractivity contribution in [2.45, 2.75) is 39.8 Å². The van der Waals surface area contributed by atoms with Gasteiger partial charge >= 0.3 is 0 Å². The number of piperazine rings is 1. The summed E-state index contributed by atoms with van der Waals surface area (Å²) >= 11 is 0. The summed E-state index contributed by atoms with van der Waals surface area (Å²) < 4.78 is 54.6. The van der Waals surface area contributed by atoms with E-state index in [1.54, 1.807) is 4.90 Å². The number of aryl methyl sites for hydroxylation is 2. The van der Waals surface area contributed by atoms with E-state index in [0.29, 0.717) is 32.2 Å². The summed E-state index contributed by atoms with van der Waals surface area (Å²) in [6.45, 7) is 6.51. The number of halogens is 4. The Balaban J connectivity index is 1.46. The van der Waals surface area contributed by atoms with E-state index < -0.39 is 24.1 Å². The first-order valence-electron chi connectivity index (χ1n) is 10.7. The molecule has 2 aromatic heterocycles. The lowest BCUT2D eigenvalue weighted by atomic mass is 10.1. The highest BCUT2D eigenvalue weighted by molar-refractivity contribution is 5.85. The molecule has 33 heavy (non-hydrogen) atoms. The van der Waals surface area contributed by atoms with Gasteiger partial charge < -0.3 is 4.90 Å². The van der Waals surface area contributed by atoms with Crippen LogP contribution in [-0.4, -0.2) is 56.7 Å². The molecular formula is C23H25F4N5O. The lowest BCUT2D eigenvalue weighted by Crippen LogP contribution is -2.49. The topological polar surface area (TPSA) is 54.3 Å². The van der Waals surface area contributed by atoms with Crippen LogP contribution < -0.4 is 0 Å². The zero-order valence-corrected chi connectivity index (χ0v) is 18.4. The van der Waals surface area contributed by atoms with Crippen LogP contribution >= 0.6 is 0 Å². The third kappa shape index (κ3) is 5.00. The van der Waals surface area contributed by atoms with E-state index in [1.807, 2.05) is 6.92 Å². The SMILES string of the molecule is Cc1ccc(CN2CCN(C(=O)Cn3nc(C)c4c(C(F)F)cc(C(F)F)nc43)CC2)cc1. The van der Waals surface area contributed by atoms with Gasteiger partial charge in [0.2, 0.25) is 5.91 Å². The van der Waals surface area contributed by atoms with Crippen LogP contribution in [0.5, 0.6) is 0 Å². The second-order valence-electron chi connectivity index (χ2n) is 8.32. The highest BCUT2D eigenvalue weighted by atomic mass is 19.3. The third-order valence-electron chi connectivity index (χ3n) is 5.92. The molecule has 0 atom stereocenters. The molecule has 4 rings (SSSR count). The summed E-state index contributed by atoms with van der Waals surface area (Å²) in [7, 11) is 0. The molecule has 1 saturated heterocycles. The number of fused-ring (bicyclic) bond motifs is 1. The zero-order valence-electron chi connectivity index (χ0n) is 18.4. The first-order chi connectivity index (χ1) is 15.7. The first-order valence-corrected chi connectivity index (χ1v) is 10.7. The highest BCUT2D eigenvalue weighted by Gasteiger charge is 2.26. The fourth-order valence-electron chi connectivity index (χ4n) is 4.14. The molecule has 0 unspecified atom stereocenters. The molecule has 0 spiro atoms. The Morgan fingerprint density at radius 1 is 1.00 bits per heavy atom. The van der Waals surface area contributed by atoms with Crippen LogP contribution in [0.2, 0.25) is 0 Å². The molecule has 0 radical (unpaired) electrons. The van der Waals surface area contributed by atoms with Crippen molar-refractivity contribution in [1.29, 1.82) is 0 Å². The monoisotopic (exact) mass is 463 g/mol. The smallest absolute Gasteiger partial charge is 0.280 e. The van der Waals surface area contributed by atoms with E-state index in [9.17, 15) is 22.4 Å². The molecule has 0 N–H and O–H groups in total. The van der Waals surface area contributed by atoms with E-state index in [-0.39, 0.29) is 29.2 Å². The fraction of sp³-hybridized carbons (Fsp3) is 0.435. The summed E-state index contributed by atoms with van der Waals surface area (Å²) in [4.78, 5) is 20.7. The molecule has 6 nitrogen and oxygen atoms in total. The average molecular weight is 463 g/mol. The standard InChI is InChI=1S/C23H25F4N5O/c1-14-3-5-16(6-4-14)12-30-7-9-31(10-8-30)19(33)13-32-23-20(15(2)29-32)17(21(24)25)11-18(28-23)22(26)27/h3-6,11,21-22H,7-10,12-13H2,1-2H3. The van der Waals surface area contributed by atoms with Crippen molar-refractivity contribution in [2.75, 3.05) is 26.2 Å². The van der Waals surface area contributed by atoms with Gasteiger partial charge in [0.25, 0.3) is 12.9 Å². The van der Waals surface area contributed by atoms with Crippen molar-refractivity contribution in [2.24, 2.45) is 0 Å². The van der Waals surface area contributed by atoms with Gasteiger partial charge in [0.15, 0.2) is 5.65 Å². The molecule has 1 amide bonds. The number of hydrogen-bond donors (Lipinski definition) is 0. The van der Waals surface area contributed by atoms with Gasteiger partial charge in [-0.2, -0.15) is 5.10 Å². The second kappa shape index (κ2) is 9.46. The number of carbonyl (C=O) groups is 1. The van der Waals surface area contributed by atoms with Crippen molar-refractivity contribution in [1.82, 2.24) is 24.6 Å². The number of nitrogens with zero attached hydrogens (tertiary/aromatic N) is 5. The zero-order chi connectivity index (χ0) is 23.7. The van der Waals surface area contributed by atoms with E-state index in [1.165, 1.54) is 18.1 Å². The third-order valence-corrected chi connectivity index (χ3v) is 5.92. The number of benzene rings is 1. The van der Waals surface area contributed by atoms with E-state index in [2.05, 4.69) is 39.2 Å². The minimum atomic E-state index is -3.01. The molecule has 1 fully saturated rings. The maximum Gasteiger partial charge on any atom is 0.280 e. The van der Waals surface area contributed by atoms with Gasteiger partial charge in [0, 0.05) is 38.3 Å². The fourth-order valence-corrected chi connectivity index (χ4v) is 4.14. The van der Waals surface area contributed by atoms with Gasteiger partial charge in [0.05, 0.1) is 11.1 Å². The van der Waals surface area contributed by atoms with E-state index in [0.717, 1.165) is 11.2 Å². The molecule has 176 valence electrons. The predicted octanol–water partition coefficient (Wildman–Crippen LogP) is 4.27. The number of pyridine rings is 1. The van der Waals surface area contributed by atoms with Crippen molar-refractivity contribution in [3.05, 3.63) is 58.4 Å². The Kier molecular flexibility index (Phi) is 6.64. The van der Waals surface area contributed by atoms with Gasteiger partial charge in [-0.25, -0.2) is 27.2 Å². The molecule has 0 aliphatic carbocycles. The van der Waals surface area contributed by atoms with E-state index >= 15 is 0 Å². The molecule has 3 aromatic rings. The Morgan fingerprint density at radius 3 is 2.27 bits per heavy atom. The average Bonchev–Trinajstić information content (AvgIpc) is 3.10. The number of alkyl halides is 4. The maximum atomic E-state index is 13.5. The quantitative estimate of drug-likeness (QED) is 0.513. The van der Waals surface area contributed by atoms with Crippen molar-refractivity contribution in [3.8, 4) is 0 Å². The van der Waals surface area contributed by atoms with Gasteiger partial charge in [-0.15, -0.1) is 0 Å². The molecule has 1 aliphatic heterocycles. The minimum Gasteiger partial charge on any atom is -0.339 e. The van der Waals surface area contributed by atoms with Gasteiger partial charge in [-0.3, -0.25) is 9.69 Å². The van der Waals surface area contributed by atoms with Crippen LogP contribution in [0.25, 0.3) is 11.0 Å². The van der Waals surface area contributed by atoms with Crippen molar-refractivity contribution in [3.63, 3.8) is 0 Å². The summed E-state index contributed by atoms with van der Waals surface area (Å²) in [6, 6.07) is 9.03. The van der Waals surface area contributed by atoms with Crippen LogP contribution in [0.4, 0.5) is 17.6 Å². The number of hydrogen-bond acceptors (Lipinski definition) is 4. The Morgan fingerprint density at radius 2 is 1.67 bits per heavy atom. The molecule has 3 heterocycles. The molecule has 0 saturated carbocycles. The summed E-state index contributed by atoms with van der Waals surface area (Å²) in [5, 5.41) is 4.18.